The molecule has 1 amide bonds. The average Bonchev–Trinajstić information content (AvgIpc) is 3.24. The minimum Gasteiger partial charge on any atom is -0.452 e. The van der Waals surface area contributed by atoms with E-state index in [1.165, 1.54) is 6.08 Å². The zero-order chi connectivity index (χ0) is 20.0. The molecule has 0 aliphatic carbocycles. The minimum atomic E-state index is -3.08. The number of rotatable bonds is 7. The molecule has 2 heterocycles. The lowest BCUT2D eigenvalue weighted by Gasteiger charge is -2.10. The van der Waals surface area contributed by atoms with Crippen LogP contribution in [0.4, 0.5) is 0 Å². The van der Waals surface area contributed by atoms with Crippen LogP contribution in [0.3, 0.4) is 0 Å². The maximum atomic E-state index is 11.7. The number of esters is 1. The van der Waals surface area contributed by atoms with Crippen molar-refractivity contribution in [3.8, 4) is 0 Å². The van der Waals surface area contributed by atoms with E-state index in [1.807, 2.05) is 30.3 Å². The van der Waals surface area contributed by atoms with Crippen LogP contribution in [0.15, 0.2) is 42.6 Å². The van der Waals surface area contributed by atoms with Crippen LogP contribution in [-0.2, 0) is 30.7 Å². The molecule has 2 aromatic rings. The predicted octanol–water partition coefficient (Wildman–Crippen LogP) is 0.186. The fourth-order valence-corrected chi connectivity index (χ4v) is 4.43. The Morgan fingerprint density at radius 3 is 2.79 bits per heavy atom. The molecule has 0 bridgehead atoms. The summed E-state index contributed by atoms with van der Waals surface area (Å²) in [4.78, 5) is 23.5. The van der Waals surface area contributed by atoms with Crippen LogP contribution in [0.2, 0.25) is 0 Å². The van der Waals surface area contributed by atoms with Gasteiger partial charge < -0.3 is 10.1 Å². The molecule has 0 spiro atoms. The van der Waals surface area contributed by atoms with Crippen LogP contribution in [0.1, 0.15) is 17.7 Å². The second-order valence-corrected chi connectivity index (χ2v) is 8.66. The Morgan fingerprint density at radius 2 is 2.07 bits per heavy atom. The summed E-state index contributed by atoms with van der Waals surface area (Å²) in [6.45, 7) is 0.0869. The summed E-state index contributed by atoms with van der Waals surface area (Å²) in [6.07, 6.45) is 4.66. The number of aromatic nitrogens is 3. The molecule has 1 aliphatic rings. The highest BCUT2D eigenvalue weighted by atomic mass is 32.2. The molecule has 1 aromatic carbocycles. The topological polar surface area (TPSA) is 120 Å². The van der Waals surface area contributed by atoms with Crippen molar-refractivity contribution in [1.82, 2.24) is 20.3 Å². The molecule has 148 valence electrons. The van der Waals surface area contributed by atoms with Crippen LogP contribution >= 0.6 is 0 Å². The van der Waals surface area contributed by atoms with Gasteiger partial charge in [0.25, 0.3) is 5.91 Å². The van der Waals surface area contributed by atoms with Crippen LogP contribution < -0.4 is 5.32 Å². The van der Waals surface area contributed by atoms with Crippen LogP contribution in [0.25, 0.3) is 6.08 Å². The molecule has 1 saturated heterocycles. The first-order chi connectivity index (χ1) is 13.4. The number of hydrogen-bond donors (Lipinski definition) is 1. The van der Waals surface area contributed by atoms with Crippen molar-refractivity contribution < 1.29 is 22.7 Å². The molecule has 3 rings (SSSR count). The Kier molecular flexibility index (Phi) is 6.19. The molecule has 9 nitrogen and oxygen atoms in total. The van der Waals surface area contributed by atoms with E-state index in [2.05, 4.69) is 15.6 Å². The van der Waals surface area contributed by atoms with Gasteiger partial charge in [-0.15, -0.1) is 5.10 Å². The SMILES string of the molecule is O=C(COC(=O)/C=C/c1cn(Cc2ccccc2)nn1)N[C@@H]1CCS(=O)(=O)C1. The first kappa shape index (κ1) is 19.7. The molecule has 0 radical (unpaired) electrons. The Labute approximate surface area is 162 Å². The number of amides is 1. The highest BCUT2D eigenvalue weighted by Gasteiger charge is 2.28. The Morgan fingerprint density at radius 1 is 1.29 bits per heavy atom. The second kappa shape index (κ2) is 8.79. The summed E-state index contributed by atoms with van der Waals surface area (Å²) in [5.74, 6) is -1.25. The van der Waals surface area contributed by atoms with E-state index in [0.717, 1.165) is 11.6 Å². The van der Waals surface area contributed by atoms with E-state index in [1.54, 1.807) is 10.9 Å². The van der Waals surface area contributed by atoms with E-state index in [0.29, 0.717) is 18.7 Å². The Bertz CT molecular complexity index is 969. The Balaban J connectivity index is 1.42. The van der Waals surface area contributed by atoms with Crippen molar-refractivity contribution in [1.29, 1.82) is 0 Å². The van der Waals surface area contributed by atoms with Gasteiger partial charge in [0.05, 0.1) is 24.2 Å². The summed E-state index contributed by atoms with van der Waals surface area (Å²) in [6, 6.07) is 9.32. The third-order valence-electron chi connectivity index (χ3n) is 4.08. The van der Waals surface area contributed by atoms with E-state index >= 15 is 0 Å². The number of nitrogens with zero attached hydrogens (tertiary/aromatic N) is 3. The first-order valence-corrected chi connectivity index (χ1v) is 10.5. The number of benzene rings is 1. The highest BCUT2D eigenvalue weighted by molar-refractivity contribution is 7.91. The van der Waals surface area contributed by atoms with Crippen molar-refractivity contribution in [2.75, 3.05) is 18.1 Å². The monoisotopic (exact) mass is 404 g/mol. The van der Waals surface area contributed by atoms with Gasteiger partial charge in [-0.2, -0.15) is 0 Å². The van der Waals surface area contributed by atoms with Crippen molar-refractivity contribution >= 4 is 27.8 Å². The largest absolute Gasteiger partial charge is 0.452 e. The molecular weight excluding hydrogens is 384 g/mol. The van der Waals surface area contributed by atoms with Gasteiger partial charge >= 0.3 is 5.97 Å². The summed E-state index contributed by atoms with van der Waals surface area (Å²) < 4.78 is 29.2. The maximum absolute atomic E-state index is 11.7. The molecule has 1 N–H and O–H groups in total. The van der Waals surface area contributed by atoms with Crippen molar-refractivity contribution in [3.63, 3.8) is 0 Å². The lowest BCUT2D eigenvalue weighted by molar-refractivity contribution is -0.143. The van der Waals surface area contributed by atoms with Crippen molar-refractivity contribution in [2.45, 2.75) is 19.0 Å². The molecule has 1 aliphatic heterocycles. The lowest BCUT2D eigenvalue weighted by atomic mass is 10.2. The molecule has 0 unspecified atom stereocenters. The highest BCUT2D eigenvalue weighted by Crippen LogP contribution is 2.11. The van der Waals surface area contributed by atoms with Gasteiger partial charge in [-0.1, -0.05) is 35.5 Å². The summed E-state index contributed by atoms with van der Waals surface area (Å²) >= 11 is 0. The zero-order valence-electron chi connectivity index (χ0n) is 15.0. The van der Waals surface area contributed by atoms with Gasteiger partial charge in [-0.3, -0.25) is 4.79 Å². The number of ether oxygens (including phenoxy) is 1. The standard InChI is InChI=1S/C18H20N4O5S/c23-17(19-16-8-9-28(25,26)13-16)12-27-18(24)7-6-15-11-22(21-20-15)10-14-4-2-1-3-5-14/h1-7,11,16H,8-10,12-13H2,(H,19,23)/b7-6+/t16-/m1/s1. The quantitative estimate of drug-likeness (QED) is 0.516. The second-order valence-electron chi connectivity index (χ2n) is 6.44. The van der Waals surface area contributed by atoms with Gasteiger partial charge in [0.2, 0.25) is 0 Å². The lowest BCUT2D eigenvalue weighted by Crippen LogP contribution is -2.38. The fourth-order valence-electron chi connectivity index (χ4n) is 2.75. The van der Waals surface area contributed by atoms with Crippen LogP contribution in [0.5, 0.6) is 0 Å². The van der Waals surface area contributed by atoms with Gasteiger partial charge in [0.15, 0.2) is 16.4 Å². The predicted molar refractivity (Wildman–Crippen MR) is 101 cm³/mol. The minimum absolute atomic E-state index is 0.0609. The van der Waals surface area contributed by atoms with E-state index in [-0.39, 0.29) is 11.5 Å². The zero-order valence-corrected chi connectivity index (χ0v) is 15.8. The molecular formula is C18H20N4O5S. The molecule has 10 heteroatoms. The van der Waals surface area contributed by atoms with E-state index in [4.69, 9.17) is 4.74 Å². The molecule has 1 fully saturated rings. The summed E-state index contributed by atoms with van der Waals surface area (Å²) in [7, 11) is -3.08. The number of hydrogen-bond acceptors (Lipinski definition) is 7. The van der Waals surface area contributed by atoms with Gasteiger partial charge in [-0.25, -0.2) is 17.9 Å². The van der Waals surface area contributed by atoms with Crippen molar-refractivity contribution in [2.24, 2.45) is 0 Å². The van der Waals surface area contributed by atoms with Gasteiger partial charge in [0, 0.05) is 12.1 Å². The van der Waals surface area contributed by atoms with Gasteiger partial charge in [0.1, 0.15) is 5.69 Å². The van der Waals surface area contributed by atoms with E-state index < -0.39 is 34.4 Å². The third kappa shape index (κ3) is 6.02. The number of carbonyl (C=O) groups excluding carboxylic acids is 2. The smallest absolute Gasteiger partial charge is 0.331 e. The third-order valence-corrected chi connectivity index (χ3v) is 5.84. The van der Waals surface area contributed by atoms with Crippen molar-refractivity contribution in [3.05, 3.63) is 53.9 Å². The number of nitrogens with one attached hydrogen (secondary N) is 1. The average molecular weight is 404 g/mol. The molecule has 0 saturated carbocycles. The Hall–Kier alpha value is -3.01. The number of carbonyl (C=O) groups is 2. The first-order valence-electron chi connectivity index (χ1n) is 8.68. The fraction of sp³-hybridized carbons (Fsp3) is 0.333. The molecule has 1 atom stereocenters. The van der Waals surface area contributed by atoms with Gasteiger partial charge in [-0.05, 0) is 18.1 Å². The molecule has 1 aromatic heterocycles. The van der Waals surface area contributed by atoms with Crippen LogP contribution in [-0.4, -0.2) is 59.4 Å². The summed E-state index contributed by atoms with van der Waals surface area (Å²) in [5.41, 5.74) is 1.55. The van der Waals surface area contributed by atoms with Crippen LogP contribution in [0, 0.1) is 0 Å². The maximum Gasteiger partial charge on any atom is 0.331 e. The summed E-state index contributed by atoms with van der Waals surface area (Å²) in [5, 5.41) is 10.5. The normalized spacial score (nSPS) is 18.2. The molecule has 28 heavy (non-hydrogen) atoms. The van der Waals surface area contributed by atoms with E-state index in [9.17, 15) is 18.0 Å². The number of sulfone groups is 1.